The molecule has 0 spiro atoms. The zero-order chi connectivity index (χ0) is 22.7. The second-order valence-corrected chi connectivity index (χ2v) is 9.13. The summed E-state index contributed by atoms with van der Waals surface area (Å²) in [4.78, 5) is 17.4. The van der Waals surface area contributed by atoms with Crippen molar-refractivity contribution in [2.24, 2.45) is 0 Å². The Morgan fingerprint density at radius 2 is 1.59 bits per heavy atom. The SMILES string of the molecule is CC(=Cc1ccccc1)C(=O)N1CCN(c2ccc(Cl)cc2Cl)C(c2ccc(Cl)cc2)C1. The topological polar surface area (TPSA) is 23.6 Å². The number of nitrogens with zero attached hydrogens (tertiary/aromatic N) is 2. The fraction of sp³-hybridized carbons (Fsp3) is 0.192. The number of halogens is 3. The van der Waals surface area contributed by atoms with Crippen LogP contribution in [0.25, 0.3) is 6.08 Å². The van der Waals surface area contributed by atoms with Crippen LogP contribution in [0, 0.1) is 0 Å². The van der Waals surface area contributed by atoms with Crippen LogP contribution in [0.15, 0.2) is 78.4 Å². The van der Waals surface area contributed by atoms with Crippen molar-refractivity contribution in [3.63, 3.8) is 0 Å². The zero-order valence-electron chi connectivity index (χ0n) is 17.6. The van der Waals surface area contributed by atoms with E-state index in [1.165, 1.54) is 0 Å². The normalized spacial score (nSPS) is 16.9. The molecular formula is C26H23Cl3N2O. The smallest absolute Gasteiger partial charge is 0.249 e. The largest absolute Gasteiger partial charge is 0.360 e. The van der Waals surface area contributed by atoms with E-state index in [4.69, 9.17) is 34.8 Å². The summed E-state index contributed by atoms with van der Waals surface area (Å²) < 4.78 is 0. The molecule has 164 valence electrons. The predicted octanol–water partition coefficient (Wildman–Crippen LogP) is 7.14. The van der Waals surface area contributed by atoms with Crippen LogP contribution >= 0.6 is 34.8 Å². The van der Waals surface area contributed by atoms with Gasteiger partial charge in [-0.25, -0.2) is 0 Å². The van der Waals surface area contributed by atoms with E-state index in [1.54, 1.807) is 6.07 Å². The van der Waals surface area contributed by atoms with Crippen LogP contribution in [0.3, 0.4) is 0 Å². The number of anilines is 1. The molecule has 1 unspecified atom stereocenters. The molecule has 1 atom stereocenters. The highest BCUT2D eigenvalue weighted by Crippen LogP contribution is 2.37. The van der Waals surface area contributed by atoms with Crippen LogP contribution < -0.4 is 4.90 Å². The van der Waals surface area contributed by atoms with Crippen LogP contribution in [0.4, 0.5) is 5.69 Å². The molecule has 0 saturated carbocycles. The molecule has 1 aliphatic rings. The lowest BCUT2D eigenvalue weighted by atomic mass is 10.0. The summed E-state index contributed by atoms with van der Waals surface area (Å²) in [5, 5.41) is 1.86. The van der Waals surface area contributed by atoms with Gasteiger partial charge >= 0.3 is 0 Å². The first-order valence-electron chi connectivity index (χ1n) is 10.4. The van der Waals surface area contributed by atoms with E-state index in [1.807, 2.05) is 84.6 Å². The van der Waals surface area contributed by atoms with Crippen LogP contribution in [0.2, 0.25) is 15.1 Å². The summed E-state index contributed by atoms with van der Waals surface area (Å²) >= 11 is 18.8. The molecule has 1 aliphatic heterocycles. The monoisotopic (exact) mass is 484 g/mol. The van der Waals surface area contributed by atoms with Crippen molar-refractivity contribution in [2.75, 3.05) is 24.5 Å². The molecule has 0 N–H and O–H groups in total. The van der Waals surface area contributed by atoms with E-state index < -0.39 is 0 Å². The minimum absolute atomic E-state index is 0.0367. The van der Waals surface area contributed by atoms with Gasteiger partial charge in [0.25, 0.3) is 0 Å². The molecule has 1 fully saturated rings. The average molecular weight is 486 g/mol. The number of hydrogen-bond acceptors (Lipinski definition) is 2. The van der Waals surface area contributed by atoms with Crippen LogP contribution in [-0.4, -0.2) is 30.4 Å². The first-order chi connectivity index (χ1) is 15.4. The van der Waals surface area contributed by atoms with E-state index in [0.29, 0.717) is 40.3 Å². The lowest BCUT2D eigenvalue weighted by Gasteiger charge is -2.43. The van der Waals surface area contributed by atoms with Gasteiger partial charge < -0.3 is 9.80 Å². The number of amides is 1. The summed E-state index contributed by atoms with van der Waals surface area (Å²) in [5.74, 6) is 0.0367. The van der Waals surface area contributed by atoms with Gasteiger partial charge in [0.1, 0.15) is 0 Å². The van der Waals surface area contributed by atoms with Gasteiger partial charge in [-0.05, 0) is 54.5 Å². The van der Waals surface area contributed by atoms with Gasteiger partial charge in [0, 0.05) is 35.3 Å². The molecule has 1 heterocycles. The van der Waals surface area contributed by atoms with Crippen molar-refractivity contribution >= 4 is 52.5 Å². The third-order valence-corrected chi connectivity index (χ3v) is 6.45. The Balaban J connectivity index is 1.63. The molecule has 0 bridgehead atoms. The minimum Gasteiger partial charge on any atom is -0.360 e. The number of piperazine rings is 1. The molecule has 3 aromatic rings. The summed E-state index contributed by atoms with van der Waals surface area (Å²) in [6.45, 7) is 3.66. The first kappa shape index (κ1) is 22.7. The van der Waals surface area contributed by atoms with Gasteiger partial charge in [-0.2, -0.15) is 0 Å². The van der Waals surface area contributed by atoms with Gasteiger partial charge in [0.2, 0.25) is 5.91 Å². The number of hydrogen-bond donors (Lipinski definition) is 0. The van der Waals surface area contributed by atoms with Gasteiger partial charge in [0.15, 0.2) is 0 Å². The van der Waals surface area contributed by atoms with E-state index in [0.717, 1.165) is 16.8 Å². The Bertz CT molecular complexity index is 1130. The standard InChI is InChI=1S/C26H23Cl3N2O/c1-18(15-19-5-3-2-4-6-19)26(32)30-13-14-31(24-12-11-22(28)16-23(24)29)25(17-30)20-7-9-21(27)10-8-20/h2-12,15-16,25H,13-14,17H2,1H3. The average Bonchev–Trinajstić information content (AvgIpc) is 2.79. The fourth-order valence-corrected chi connectivity index (χ4v) is 4.69. The van der Waals surface area contributed by atoms with Gasteiger partial charge in [-0.15, -0.1) is 0 Å². The van der Waals surface area contributed by atoms with Crippen molar-refractivity contribution in [1.29, 1.82) is 0 Å². The lowest BCUT2D eigenvalue weighted by molar-refractivity contribution is -0.127. The molecule has 4 rings (SSSR count). The Labute approximate surface area is 203 Å². The van der Waals surface area contributed by atoms with E-state index >= 15 is 0 Å². The highest BCUT2D eigenvalue weighted by molar-refractivity contribution is 6.36. The van der Waals surface area contributed by atoms with Gasteiger partial charge in [-0.1, -0.05) is 77.3 Å². The Morgan fingerprint density at radius 3 is 2.28 bits per heavy atom. The maximum Gasteiger partial charge on any atom is 0.249 e. The molecule has 3 nitrogen and oxygen atoms in total. The molecule has 0 aromatic heterocycles. The molecular weight excluding hydrogens is 463 g/mol. The van der Waals surface area contributed by atoms with Crippen molar-refractivity contribution in [3.05, 3.63) is 105 Å². The molecule has 32 heavy (non-hydrogen) atoms. The highest BCUT2D eigenvalue weighted by atomic mass is 35.5. The molecule has 0 aliphatic carbocycles. The number of benzene rings is 3. The summed E-state index contributed by atoms with van der Waals surface area (Å²) in [6.07, 6.45) is 1.93. The number of rotatable bonds is 4. The van der Waals surface area contributed by atoms with Crippen molar-refractivity contribution in [2.45, 2.75) is 13.0 Å². The maximum absolute atomic E-state index is 13.3. The second-order valence-electron chi connectivity index (χ2n) is 7.85. The highest BCUT2D eigenvalue weighted by Gasteiger charge is 2.32. The van der Waals surface area contributed by atoms with Crippen molar-refractivity contribution in [3.8, 4) is 0 Å². The zero-order valence-corrected chi connectivity index (χ0v) is 19.9. The molecule has 3 aromatic carbocycles. The van der Waals surface area contributed by atoms with Crippen molar-refractivity contribution in [1.82, 2.24) is 4.90 Å². The Kier molecular flexibility index (Phi) is 7.10. The maximum atomic E-state index is 13.3. The summed E-state index contributed by atoms with van der Waals surface area (Å²) in [6, 6.07) is 23.1. The van der Waals surface area contributed by atoms with E-state index in [2.05, 4.69) is 4.90 Å². The van der Waals surface area contributed by atoms with Gasteiger partial charge in [-0.3, -0.25) is 4.79 Å². The summed E-state index contributed by atoms with van der Waals surface area (Å²) in [7, 11) is 0. The minimum atomic E-state index is -0.0619. The predicted molar refractivity (Wildman–Crippen MR) is 135 cm³/mol. The van der Waals surface area contributed by atoms with Crippen molar-refractivity contribution < 1.29 is 4.79 Å². The van der Waals surface area contributed by atoms with Gasteiger partial charge in [0.05, 0.1) is 16.8 Å². The van der Waals surface area contributed by atoms with Crippen LogP contribution in [-0.2, 0) is 4.79 Å². The molecule has 1 amide bonds. The van der Waals surface area contributed by atoms with Crippen LogP contribution in [0.1, 0.15) is 24.1 Å². The Hall–Kier alpha value is -2.46. The van der Waals surface area contributed by atoms with Crippen LogP contribution in [0.5, 0.6) is 0 Å². The quantitative estimate of drug-likeness (QED) is 0.367. The lowest BCUT2D eigenvalue weighted by Crippen LogP contribution is -2.51. The molecule has 6 heteroatoms. The number of carbonyl (C=O) groups is 1. The Morgan fingerprint density at radius 1 is 0.906 bits per heavy atom. The third kappa shape index (κ3) is 5.12. The van der Waals surface area contributed by atoms with E-state index in [-0.39, 0.29) is 11.9 Å². The fourth-order valence-electron chi connectivity index (χ4n) is 4.05. The molecule has 0 radical (unpaired) electrons. The second kappa shape index (κ2) is 9.99. The first-order valence-corrected chi connectivity index (χ1v) is 11.6. The third-order valence-electron chi connectivity index (χ3n) is 5.66. The summed E-state index contributed by atoms with van der Waals surface area (Å²) in [5.41, 5.74) is 3.70. The molecule has 1 saturated heterocycles. The van der Waals surface area contributed by atoms with E-state index in [9.17, 15) is 4.79 Å². The number of carbonyl (C=O) groups excluding carboxylic acids is 1.